The SMILES string of the molecule is OC1CCCC(CNCc2ccc(Br)cn2)C1. The Kier molecular flexibility index (Phi) is 4.95. The van der Waals surface area contributed by atoms with Gasteiger partial charge in [-0.05, 0) is 59.8 Å². The Morgan fingerprint density at radius 1 is 1.41 bits per heavy atom. The van der Waals surface area contributed by atoms with Crippen molar-refractivity contribution in [2.45, 2.75) is 38.3 Å². The summed E-state index contributed by atoms with van der Waals surface area (Å²) in [6.07, 6.45) is 6.05. The van der Waals surface area contributed by atoms with E-state index < -0.39 is 0 Å². The van der Waals surface area contributed by atoms with Gasteiger partial charge in [0.15, 0.2) is 0 Å². The van der Waals surface area contributed by atoms with Gasteiger partial charge < -0.3 is 10.4 Å². The predicted molar refractivity (Wildman–Crippen MR) is 71.6 cm³/mol. The lowest BCUT2D eigenvalue weighted by molar-refractivity contribution is 0.101. The standard InChI is InChI=1S/C13H19BrN2O/c14-11-4-5-12(16-8-11)9-15-7-10-2-1-3-13(17)6-10/h4-5,8,10,13,15,17H,1-3,6-7,9H2. The molecule has 0 bridgehead atoms. The van der Waals surface area contributed by atoms with Crippen LogP contribution in [0.2, 0.25) is 0 Å². The van der Waals surface area contributed by atoms with Gasteiger partial charge in [-0.15, -0.1) is 0 Å². The average Bonchev–Trinajstić information content (AvgIpc) is 2.32. The van der Waals surface area contributed by atoms with Crippen LogP contribution in [0.15, 0.2) is 22.8 Å². The van der Waals surface area contributed by atoms with Gasteiger partial charge in [0.25, 0.3) is 0 Å². The van der Waals surface area contributed by atoms with E-state index in [1.165, 1.54) is 6.42 Å². The van der Waals surface area contributed by atoms with E-state index in [1.54, 1.807) is 0 Å². The summed E-state index contributed by atoms with van der Waals surface area (Å²) in [5.41, 5.74) is 1.06. The van der Waals surface area contributed by atoms with Crippen LogP contribution in [0.25, 0.3) is 0 Å². The molecule has 0 amide bonds. The fourth-order valence-electron chi connectivity index (χ4n) is 2.36. The van der Waals surface area contributed by atoms with Crippen LogP contribution in [0.3, 0.4) is 0 Å². The van der Waals surface area contributed by atoms with Gasteiger partial charge in [-0.25, -0.2) is 0 Å². The molecule has 0 aliphatic heterocycles. The molecule has 2 N–H and O–H groups in total. The first-order valence-electron chi connectivity index (χ1n) is 6.23. The van der Waals surface area contributed by atoms with Gasteiger partial charge in [-0.2, -0.15) is 0 Å². The van der Waals surface area contributed by atoms with Crippen molar-refractivity contribution in [2.24, 2.45) is 5.92 Å². The largest absolute Gasteiger partial charge is 0.393 e. The van der Waals surface area contributed by atoms with E-state index in [1.807, 2.05) is 18.3 Å². The molecule has 0 aromatic carbocycles. The van der Waals surface area contributed by atoms with E-state index in [9.17, 15) is 5.11 Å². The van der Waals surface area contributed by atoms with Gasteiger partial charge in [0.1, 0.15) is 0 Å². The summed E-state index contributed by atoms with van der Waals surface area (Å²) >= 11 is 3.37. The van der Waals surface area contributed by atoms with Crippen molar-refractivity contribution in [3.63, 3.8) is 0 Å². The van der Waals surface area contributed by atoms with Crippen LogP contribution in [-0.4, -0.2) is 22.7 Å². The van der Waals surface area contributed by atoms with Gasteiger partial charge in [-0.1, -0.05) is 6.42 Å². The van der Waals surface area contributed by atoms with E-state index in [2.05, 4.69) is 26.2 Å². The van der Waals surface area contributed by atoms with Crippen molar-refractivity contribution in [2.75, 3.05) is 6.54 Å². The second-order valence-electron chi connectivity index (χ2n) is 4.79. The van der Waals surface area contributed by atoms with Crippen LogP contribution < -0.4 is 5.32 Å². The molecule has 2 rings (SSSR count). The molecule has 1 fully saturated rings. The highest BCUT2D eigenvalue weighted by Crippen LogP contribution is 2.23. The minimum absolute atomic E-state index is 0.0821. The smallest absolute Gasteiger partial charge is 0.0543 e. The van der Waals surface area contributed by atoms with Gasteiger partial charge in [0.05, 0.1) is 11.8 Å². The molecule has 2 atom stereocenters. The molecule has 17 heavy (non-hydrogen) atoms. The maximum Gasteiger partial charge on any atom is 0.0543 e. The average molecular weight is 299 g/mol. The number of hydrogen-bond acceptors (Lipinski definition) is 3. The van der Waals surface area contributed by atoms with Crippen molar-refractivity contribution in [3.05, 3.63) is 28.5 Å². The monoisotopic (exact) mass is 298 g/mol. The van der Waals surface area contributed by atoms with E-state index in [4.69, 9.17) is 0 Å². The summed E-state index contributed by atoms with van der Waals surface area (Å²) in [5.74, 6) is 0.620. The quantitative estimate of drug-likeness (QED) is 0.898. The van der Waals surface area contributed by atoms with Crippen molar-refractivity contribution in [1.82, 2.24) is 10.3 Å². The van der Waals surface area contributed by atoms with Crippen LogP contribution in [0.4, 0.5) is 0 Å². The Balaban J connectivity index is 1.70. The molecular weight excluding hydrogens is 280 g/mol. The summed E-state index contributed by atoms with van der Waals surface area (Å²) in [7, 11) is 0. The lowest BCUT2D eigenvalue weighted by Gasteiger charge is -2.25. The zero-order valence-electron chi connectivity index (χ0n) is 9.90. The topological polar surface area (TPSA) is 45.1 Å². The molecule has 3 nitrogen and oxygen atoms in total. The third kappa shape index (κ3) is 4.37. The molecule has 4 heteroatoms. The zero-order chi connectivity index (χ0) is 12.1. The van der Waals surface area contributed by atoms with Crippen molar-refractivity contribution in [3.8, 4) is 0 Å². The molecule has 94 valence electrons. The number of aliphatic hydroxyl groups is 1. The number of halogens is 1. The van der Waals surface area contributed by atoms with Crippen molar-refractivity contribution < 1.29 is 5.11 Å². The Morgan fingerprint density at radius 3 is 3.00 bits per heavy atom. The summed E-state index contributed by atoms with van der Waals surface area (Å²) in [6, 6.07) is 4.03. The summed E-state index contributed by atoms with van der Waals surface area (Å²) in [5, 5.41) is 13.0. The Bertz CT molecular complexity index is 342. The summed E-state index contributed by atoms with van der Waals surface area (Å²) < 4.78 is 1.01. The van der Waals surface area contributed by atoms with Gasteiger partial charge >= 0.3 is 0 Å². The van der Waals surface area contributed by atoms with Crippen molar-refractivity contribution in [1.29, 1.82) is 0 Å². The summed E-state index contributed by atoms with van der Waals surface area (Å²) in [4.78, 5) is 4.32. The van der Waals surface area contributed by atoms with Crippen LogP contribution in [0.5, 0.6) is 0 Å². The van der Waals surface area contributed by atoms with Crippen LogP contribution >= 0.6 is 15.9 Å². The lowest BCUT2D eigenvalue weighted by atomic mass is 9.87. The maximum atomic E-state index is 9.58. The molecule has 0 saturated heterocycles. The molecule has 1 heterocycles. The number of aliphatic hydroxyl groups excluding tert-OH is 1. The molecule has 1 aliphatic rings. The predicted octanol–water partition coefficient (Wildman–Crippen LogP) is 2.48. The molecule has 2 unspecified atom stereocenters. The Labute approximate surface area is 111 Å². The lowest BCUT2D eigenvalue weighted by Crippen LogP contribution is -2.29. The van der Waals surface area contributed by atoms with Gasteiger partial charge in [-0.3, -0.25) is 4.98 Å². The minimum Gasteiger partial charge on any atom is -0.393 e. The molecule has 1 aromatic heterocycles. The van der Waals surface area contributed by atoms with Crippen molar-refractivity contribution >= 4 is 15.9 Å². The highest BCUT2D eigenvalue weighted by Gasteiger charge is 2.19. The second kappa shape index (κ2) is 6.47. The fraction of sp³-hybridized carbons (Fsp3) is 0.615. The number of aromatic nitrogens is 1. The molecule has 1 aromatic rings. The highest BCUT2D eigenvalue weighted by atomic mass is 79.9. The van der Waals surface area contributed by atoms with Crippen LogP contribution in [-0.2, 0) is 6.54 Å². The number of nitrogens with one attached hydrogen (secondary N) is 1. The molecule has 0 radical (unpaired) electrons. The minimum atomic E-state index is -0.0821. The van der Waals surface area contributed by atoms with Crippen LogP contribution in [0, 0.1) is 5.92 Å². The first kappa shape index (κ1) is 13.0. The molecule has 1 saturated carbocycles. The van der Waals surface area contributed by atoms with E-state index >= 15 is 0 Å². The third-order valence-corrected chi connectivity index (χ3v) is 3.75. The zero-order valence-corrected chi connectivity index (χ0v) is 11.5. The number of pyridine rings is 1. The first-order chi connectivity index (χ1) is 8.24. The Morgan fingerprint density at radius 2 is 2.29 bits per heavy atom. The van der Waals surface area contributed by atoms with Gasteiger partial charge in [0.2, 0.25) is 0 Å². The number of nitrogens with zero attached hydrogens (tertiary/aromatic N) is 1. The van der Waals surface area contributed by atoms with Gasteiger partial charge in [0, 0.05) is 17.2 Å². The first-order valence-corrected chi connectivity index (χ1v) is 7.02. The fourth-order valence-corrected chi connectivity index (χ4v) is 2.60. The van der Waals surface area contributed by atoms with E-state index in [0.717, 1.165) is 42.5 Å². The van der Waals surface area contributed by atoms with E-state index in [-0.39, 0.29) is 6.10 Å². The highest BCUT2D eigenvalue weighted by molar-refractivity contribution is 9.10. The van der Waals surface area contributed by atoms with Crippen LogP contribution in [0.1, 0.15) is 31.4 Å². The molecular formula is C13H19BrN2O. The molecule has 1 aliphatic carbocycles. The maximum absolute atomic E-state index is 9.58. The van der Waals surface area contributed by atoms with E-state index in [0.29, 0.717) is 5.92 Å². The third-order valence-electron chi connectivity index (χ3n) is 3.28. The number of hydrogen-bond donors (Lipinski definition) is 2. The molecule has 0 spiro atoms. The normalized spacial score (nSPS) is 24.8. The Hall–Kier alpha value is -0.450. The second-order valence-corrected chi connectivity index (χ2v) is 5.70. The summed E-state index contributed by atoms with van der Waals surface area (Å²) in [6.45, 7) is 1.79. The number of rotatable bonds is 4.